The van der Waals surface area contributed by atoms with Gasteiger partial charge in [0.15, 0.2) is 0 Å². The standard InChI is InChI=1S/C16H22N4O3S/c1-3-19-10-13-12(15(19)21)8-11(14(18-13)23-2)9-17-16(22)20-4-6-24-7-5-20/h8H,3-7,9-10H2,1-2H3,(H,17,22). The third-order valence-corrected chi connectivity index (χ3v) is 5.24. The molecule has 0 aliphatic carbocycles. The lowest BCUT2D eigenvalue weighted by atomic mass is 10.1. The van der Waals surface area contributed by atoms with Gasteiger partial charge < -0.3 is 19.9 Å². The fraction of sp³-hybridized carbons (Fsp3) is 0.562. The maximum atomic E-state index is 12.3. The Hall–Kier alpha value is -1.96. The molecule has 1 aromatic rings. The van der Waals surface area contributed by atoms with Gasteiger partial charge in [0, 0.05) is 43.2 Å². The number of pyridine rings is 1. The Morgan fingerprint density at radius 2 is 2.17 bits per heavy atom. The van der Waals surface area contributed by atoms with Crippen molar-refractivity contribution in [1.29, 1.82) is 0 Å². The SMILES string of the molecule is CCN1Cc2nc(OC)c(CNC(=O)N3CCSCC3)cc2C1=O. The smallest absolute Gasteiger partial charge is 0.317 e. The highest BCUT2D eigenvalue weighted by Crippen LogP contribution is 2.27. The van der Waals surface area contributed by atoms with Crippen LogP contribution in [-0.2, 0) is 13.1 Å². The monoisotopic (exact) mass is 350 g/mol. The van der Waals surface area contributed by atoms with Crippen LogP contribution in [0.15, 0.2) is 6.07 Å². The minimum absolute atomic E-state index is 0.0108. The number of carbonyl (C=O) groups excluding carboxylic acids is 2. The van der Waals surface area contributed by atoms with Gasteiger partial charge in [-0.25, -0.2) is 9.78 Å². The number of amides is 3. The van der Waals surface area contributed by atoms with Crippen LogP contribution in [0, 0.1) is 0 Å². The zero-order chi connectivity index (χ0) is 17.1. The summed E-state index contributed by atoms with van der Waals surface area (Å²) < 4.78 is 5.34. The van der Waals surface area contributed by atoms with Gasteiger partial charge >= 0.3 is 6.03 Å². The molecule has 0 atom stereocenters. The van der Waals surface area contributed by atoms with E-state index in [1.54, 1.807) is 18.1 Å². The number of hydrogen-bond donors (Lipinski definition) is 1. The van der Waals surface area contributed by atoms with Crippen LogP contribution >= 0.6 is 11.8 Å². The van der Waals surface area contributed by atoms with E-state index in [2.05, 4.69) is 10.3 Å². The van der Waals surface area contributed by atoms with Gasteiger partial charge in [0.05, 0.1) is 24.9 Å². The van der Waals surface area contributed by atoms with E-state index in [0.29, 0.717) is 31.1 Å². The van der Waals surface area contributed by atoms with E-state index in [0.717, 1.165) is 35.9 Å². The lowest BCUT2D eigenvalue weighted by Gasteiger charge is -2.26. The Balaban J connectivity index is 1.72. The summed E-state index contributed by atoms with van der Waals surface area (Å²) in [6.07, 6.45) is 0. The van der Waals surface area contributed by atoms with Gasteiger partial charge in [-0.05, 0) is 13.0 Å². The Labute approximate surface area is 145 Å². The first-order valence-corrected chi connectivity index (χ1v) is 9.26. The molecule has 0 spiro atoms. The number of nitrogens with zero attached hydrogens (tertiary/aromatic N) is 3. The average Bonchev–Trinajstić information content (AvgIpc) is 2.94. The van der Waals surface area contributed by atoms with Crippen LogP contribution < -0.4 is 10.1 Å². The maximum absolute atomic E-state index is 12.3. The average molecular weight is 350 g/mol. The third kappa shape index (κ3) is 3.28. The predicted molar refractivity (Wildman–Crippen MR) is 92.3 cm³/mol. The van der Waals surface area contributed by atoms with Crippen LogP contribution in [0.4, 0.5) is 4.79 Å². The number of nitrogens with one attached hydrogen (secondary N) is 1. The van der Waals surface area contributed by atoms with Crippen LogP contribution in [0.2, 0.25) is 0 Å². The lowest BCUT2D eigenvalue weighted by molar-refractivity contribution is 0.0786. The zero-order valence-corrected chi connectivity index (χ0v) is 14.8. The molecule has 3 heterocycles. The molecule has 2 aliphatic rings. The minimum Gasteiger partial charge on any atom is -0.481 e. The number of urea groups is 1. The van der Waals surface area contributed by atoms with Crippen LogP contribution in [0.5, 0.6) is 5.88 Å². The van der Waals surface area contributed by atoms with Crippen molar-refractivity contribution in [3.05, 3.63) is 22.9 Å². The molecular weight excluding hydrogens is 328 g/mol. The van der Waals surface area contributed by atoms with Gasteiger partial charge in [-0.2, -0.15) is 11.8 Å². The van der Waals surface area contributed by atoms with Gasteiger partial charge in [-0.3, -0.25) is 4.79 Å². The number of hydrogen-bond acceptors (Lipinski definition) is 5. The van der Waals surface area contributed by atoms with Crippen LogP contribution in [0.1, 0.15) is 28.5 Å². The van der Waals surface area contributed by atoms with Crippen molar-refractivity contribution < 1.29 is 14.3 Å². The van der Waals surface area contributed by atoms with Gasteiger partial charge in [-0.1, -0.05) is 0 Å². The number of rotatable bonds is 4. The summed E-state index contributed by atoms with van der Waals surface area (Å²) in [6, 6.07) is 1.71. The number of aromatic nitrogens is 1. The molecule has 1 fully saturated rings. The van der Waals surface area contributed by atoms with Crippen molar-refractivity contribution >= 4 is 23.7 Å². The molecule has 0 radical (unpaired) electrons. The molecule has 3 amide bonds. The van der Waals surface area contributed by atoms with E-state index in [1.165, 1.54) is 0 Å². The number of thioether (sulfide) groups is 1. The van der Waals surface area contributed by atoms with E-state index in [9.17, 15) is 9.59 Å². The fourth-order valence-electron chi connectivity index (χ4n) is 2.91. The van der Waals surface area contributed by atoms with E-state index < -0.39 is 0 Å². The predicted octanol–water partition coefficient (Wildman–Crippen LogP) is 1.32. The molecular formula is C16H22N4O3S. The first kappa shape index (κ1) is 16.9. The molecule has 0 bridgehead atoms. The molecule has 0 aromatic carbocycles. The second kappa shape index (κ2) is 7.29. The lowest BCUT2D eigenvalue weighted by Crippen LogP contribution is -2.44. The van der Waals surface area contributed by atoms with E-state index >= 15 is 0 Å². The minimum atomic E-state index is -0.0839. The summed E-state index contributed by atoms with van der Waals surface area (Å²) in [6.45, 7) is 4.93. The molecule has 0 saturated carbocycles. The summed E-state index contributed by atoms with van der Waals surface area (Å²) >= 11 is 1.86. The Kier molecular flexibility index (Phi) is 5.13. The molecule has 1 aromatic heterocycles. The molecule has 3 rings (SSSR count). The molecule has 24 heavy (non-hydrogen) atoms. The number of carbonyl (C=O) groups is 2. The Morgan fingerprint density at radius 1 is 1.42 bits per heavy atom. The molecule has 8 heteroatoms. The van der Waals surface area contributed by atoms with Gasteiger partial charge in [-0.15, -0.1) is 0 Å². The van der Waals surface area contributed by atoms with Gasteiger partial charge in [0.25, 0.3) is 5.91 Å². The van der Waals surface area contributed by atoms with Crippen LogP contribution in [0.25, 0.3) is 0 Å². The zero-order valence-electron chi connectivity index (χ0n) is 14.0. The van der Waals surface area contributed by atoms with Crippen LogP contribution in [0.3, 0.4) is 0 Å². The van der Waals surface area contributed by atoms with Gasteiger partial charge in [0.1, 0.15) is 0 Å². The van der Waals surface area contributed by atoms with E-state index in [1.807, 2.05) is 23.6 Å². The highest BCUT2D eigenvalue weighted by Gasteiger charge is 2.29. The maximum Gasteiger partial charge on any atom is 0.317 e. The third-order valence-electron chi connectivity index (χ3n) is 4.30. The summed E-state index contributed by atoms with van der Waals surface area (Å²) in [4.78, 5) is 32.6. The largest absolute Gasteiger partial charge is 0.481 e. The van der Waals surface area contributed by atoms with Crippen LogP contribution in [-0.4, -0.2) is 65.0 Å². The second-order valence-corrected chi connectivity index (χ2v) is 6.95. The van der Waals surface area contributed by atoms with Crippen molar-refractivity contribution in [2.45, 2.75) is 20.0 Å². The molecule has 0 unspecified atom stereocenters. The molecule has 2 aliphatic heterocycles. The molecule has 1 N–H and O–H groups in total. The van der Waals surface area contributed by atoms with Gasteiger partial charge in [0.2, 0.25) is 5.88 Å². The van der Waals surface area contributed by atoms with Crippen molar-refractivity contribution in [3.8, 4) is 5.88 Å². The van der Waals surface area contributed by atoms with Crippen molar-refractivity contribution in [2.24, 2.45) is 0 Å². The number of ether oxygens (including phenoxy) is 1. The topological polar surface area (TPSA) is 74.8 Å². The summed E-state index contributed by atoms with van der Waals surface area (Å²) in [5.41, 5.74) is 2.07. The van der Waals surface area contributed by atoms with E-state index in [4.69, 9.17) is 4.74 Å². The Morgan fingerprint density at radius 3 is 2.83 bits per heavy atom. The number of methoxy groups -OCH3 is 1. The van der Waals surface area contributed by atoms with Crippen molar-refractivity contribution in [3.63, 3.8) is 0 Å². The number of fused-ring (bicyclic) bond motifs is 1. The first-order valence-electron chi connectivity index (χ1n) is 8.10. The first-order chi connectivity index (χ1) is 11.6. The molecule has 130 valence electrons. The van der Waals surface area contributed by atoms with Crippen molar-refractivity contribution in [2.75, 3.05) is 38.2 Å². The summed E-state index contributed by atoms with van der Waals surface area (Å²) in [7, 11) is 1.55. The second-order valence-electron chi connectivity index (χ2n) is 5.73. The molecule has 1 saturated heterocycles. The Bertz CT molecular complexity index is 646. The highest BCUT2D eigenvalue weighted by atomic mass is 32.2. The molecule has 7 nitrogen and oxygen atoms in total. The highest BCUT2D eigenvalue weighted by molar-refractivity contribution is 7.99. The fourth-order valence-corrected chi connectivity index (χ4v) is 3.81. The quantitative estimate of drug-likeness (QED) is 0.887. The summed E-state index contributed by atoms with van der Waals surface area (Å²) in [5, 5.41) is 2.91. The normalized spacial score (nSPS) is 17.0. The summed E-state index contributed by atoms with van der Waals surface area (Å²) in [5.74, 6) is 2.40. The van der Waals surface area contributed by atoms with E-state index in [-0.39, 0.29) is 11.9 Å². The van der Waals surface area contributed by atoms with Crippen molar-refractivity contribution in [1.82, 2.24) is 20.1 Å².